The normalized spacial score (nSPS) is 30.9. The van der Waals surface area contributed by atoms with Crippen LogP contribution in [0.2, 0.25) is 0 Å². The Hall–Kier alpha value is -0.120. The SMILES string of the molecule is CC(CN)NCC1CCN(C2CC2)C1. The molecule has 0 radical (unpaired) electrons. The van der Waals surface area contributed by atoms with E-state index in [1.165, 1.54) is 32.4 Å². The maximum atomic E-state index is 5.57. The van der Waals surface area contributed by atoms with Gasteiger partial charge in [0.2, 0.25) is 0 Å². The molecule has 1 aliphatic heterocycles. The number of nitrogens with two attached hydrogens (primary N) is 1. The first-order valence-corrected chi connectivity index (χ1v) is 5.97. The minimum absolute atomic E-state index is 0.477. The second-order valence-corrected chi connectivity index (χ2v) is 4.93. The van der Waals surface area contributed by atoms with Gasteiger partial charge in [-0.2, -0.15) is 0 Å². The number of likely N-dealkylation sites (tertiary alicyclic amines) is 1. The second kappa shape index (κ2) is 4.60. The fraction of sp³-hybridized carbons (Fsp3) is 1.00. The van der Waals surface area contributed by atoms with Crippen molar-refractivity contribution in [2.24, 2.45) is 11.7 Å². The monoisotopic (exact) mass is 197 g/mol. The quantitative estimate of drug-likeness (QED) is 0.670. The average molecular weight is 197 g/mol. The van der Waals surface area contributed by atoms with Gasteiger partial charge in [0.25, 0.3) is 0 Å². The highest BCUT2D eigenvalue weighted by molar-refractivity contribution is 4.90. The van der Waals surface area contributed by atoms with Crippen LogP contribution in [0.5, 0.6) is 0 Å². The van der Waals surface area contributed by atoms with Gasteiger partial charge in [-0.3, -0.25) is 0 Å². The zero-order valence-corrected chi connectivity index (χ0v) is 9.21. The zero-order chi connectivity index (χ0) is 9.97. The lowest BCUT2D eigenvalue weighted by Crippen LogP contribution is -2.37. The van der Waals surface area contributed by atoms with E-state index in [9.17, 15) is 0 Å². The van der Waals surface area contributed by atoms with E-state index in [1.54, 1.807) is 0 Å². The van der Waals surface area contributed by atoms with Crippen LogP contribution in [0.4, 0.5) is 0 Å². The number of rotatable bonds is 5. The first-order valence-electron chi connectivity index (χ1n) is 5.97. The van der Waals surface area contributed by atoms with Gasteiger partial charge in [0.1, 0.15) is 0 Å². The van der Waals surface area contributed by atoms with Crippen LogP contribution < -0.4 is 11.1 Å². The molecule has 2 atom stereocenters. The molecule has 2 rings (SSSR count). The third-order valence-corrected chi connectivity index (χ3v) is 3.49. The van der Waals surface area contributed by atoms with Crippen LogP contribution in [0, 0.1) is 5.92 Å². The van der Waals surface area contributed by atoms with E-state index < -0.39 is 0 Å². The first-order chi connectivity index (χ1) is 6.79. The third-order valence-electron chi connectivity index (χ3n) is 3.49. The highest BCUT2D eigenvalue weighted by Crippen LogP contribution is 2.31. The molecule has 2 fully saturated rings. The molecule has 0 aromatic rings. The van der Waals surface area contributed by atoms with Gasteiger partial charge < -0.3 is 16.0 Å². The Morgan fingerprint density at radius 1 is 1.43 bits per heavy atom. The van der Waals surface area contributed by atoms with Crippen LogP contribution in [0.1, 0.15) is 26.2 Å². The Labute approximate surface area is 87.0 Å². The topological polar surface area (TPSA) is 41.3 Å². The molecule has 2 unspecified atom stereocenters. The van der Waals surface area contributed by atoms with Crippen molar-refractivity contribution in [2.45, 2.75) is 38.3 Å². The van der Waals surface area contributed by atoms with Gasteiger partial charge in [-0.25, -0.2) is 0 Å². The van der Waals surface area contributed by atoms with Crippen LogP contribution in [0.25, 0.3) is 0 Å². The summed E-state index contributed by atoms with van der Waals surface area (Å²) >= 11 is 0. The van der Waals surface area contributed by atoms with E-state index in [0.717, 1.165) is 25.0 Å². The van der Waals surface area contributed by atoms with Crippen molar-refractivity contribution >= 4 is 0 Å². The van der Waals surface area contributed by atoms with Gasteiger partial charge in [-0.15, -0.1) is 0 Å². The Bertz CT molecular complexity index is 179. The largest absolute Gasteiger partial charge is 0.329 e. The Balaban J connectivity index is 1.63. The Morgan fingerprint density at radius 3 is 2.86 bits per heavy atom. The summed E-state index contributed by atoms with van der Waals surface area (Å²) in [6.45, 7) is 6.71. The molecule has 3 nitrogen and oxygen atoms in total. The zero-order valence-electron chi connectivity index (χ0n) is 9.21. The van der Waals surface area contributed by atoms with Crippen molar-refractivity contribution in [3.63, 3.8) is 0 Å². The van der Waals surface area contributed by atoms with Crippen LogP contribution in [0.15, 0.2) is 0 Å². The van der Waals surface area contributed by atoms with E-state index in [-0.39, 0.29) is 0 Å². The molecule has 14 heavy (non-hydrogen) atoms. The van der Waals surface area contributed by atoms with Gasteiger partial charge in [-0.1, -0.05) is 0 Å². The summed E-state index contributed by atoms with van der Waals surface area (Å²) in [4.78, 5) is 2.67. The Kier molecular flexibility index (Phi) is 3.42. The minimum Gasteiger partial charge on any atom is -0.329 e. The van der Waals surface area contributed by atoms with Crippen LogP contribution in [0.3, 0.4) is 0 Å². The second-order valence-electron chi connectivity index (χ2n) is 4.93. The van der Waals surface area contributed by atoms with Crippen molar-refractivity contribution in [2.75, 3.05) is 26.2 Å². The molecular formula is C11H23N3. The predicted octanol–water partition coefficient (Wildman–Crippen LogP) is 0.408. The van der Waals surface area contributed by atoms with E-state index in [1.807, 2.05) is 0 Å². The average Bonchev–Trinajstić information content (AvgIpc) is 2.95. The molecule has 0 aromatic heterocycles. The number of hydrogen-bond donors (Lipinski definition) is 2. The standard InChI is InChI=1S/C11H23N3/c1-9(6-12)13-7-10-4-5-14(8-10)11-2-3-11/h9-11,13H,2-8,12H2,1H3. The summed E-state index contributed by atoms with van der Waals surface area (Å²) in [6.07, 6.45) is 4.26. The lowest BCUT2D eigenvalue weighted by molar-refractivity contribution is 0.310. The minimum atomic E-state index is 0.477. The number of hydrogen-bond acceptors (Lipinski definition) is 3. The predicted molar refractivity (Wildman–Crippen MR) is 59.2 cm³/mol. The van der Waals surface area contributed by atoms with Gasteiger partial charge in [-0.05, 0) is 45.2 Å². The summed E-state index contributed by atoms with van der Waals surface area (Å²) in [5, 5.41) is 3.50. The van der Waals surface area contributed by atoms with Gasteiger partial charge >= 0.3 is 0 Å². The molecule has 0 spiro atoms. The molecule has 1 saturated heterocycles. The fourth-order valence-electron chi connectivity index (χ4n) is 2.25. The molecular weight excluding hydrogens is 174 g/mol. The maximum Gasteiger partial charge on any atom is 0.0162 e. The maximum absolute atomic E-state index is 5.57. The van der Waals surface area contributed by atoms with Crippen molar-refractivity contribution in [3.05, 3.63) is 0 Å². The molecule has 0 aromatic carbocycles. The van der Waals surface area contributed by atoms with Crippen LogP contribution in [-0.4, -0.2) is 43.2 Å². The Morgan fingerprint density at radius 2 is 2.21 bits per heavy atom. The van der Waals surface area contributed by atoms with Crippen molar-refractivity contribution < 1.29 is 0 Å². The lowest BCUT2D eigenvalue weighted by atomic mass is 10.1. The van der Waals surface area contributed by atoms with E-state index in [2.05, 4.69) is 17.1 Å². The van der Waals surface area contributed by atoms with Gasteiger partial charge in [0, 0.05) is 25.2 Å². The van der Waals surface area contributed by atoms with Gasteiger partial charge in [0.05, 0.1) is 0 Å². The smallest absolute Gasteiger partial charge is 0.0162 e. The molecule has 0 bridgehead atoms. The summed E-state index contributed by atoms with van der Waals surface area (Å²) < 4.78 is 0. The van der Waals surface area contributed by atoms with E-state index in [4.69, 9.17) is 5.73 Å². The molecule has 82 valence electrons. The number of nitrogens with zero attached hydrogens (tertiary/aromatic N) is 1. The molecule has 0 amide bonds. The summed E-state index contributed by atoms with van der Waals surface area (Å²) in [5.74, 6) is 0.865. The summed E-state index contributed by atoms with van der Waals surface area (Å²) in [7, 11) is 0. The summed E-state index contributed by atoms with van der Waals surface area (Å²) in [5.41, 5.74) is 5.57. The van der Waals surface area contributed by atoms with Crippen molar-refractivity contribution in [1.29, 1.82) is 0 Å². The van der Waals surface area contributed by atoms with Crippen LogP contribution in [-0.2, 0) is 0 Å². The van der Waals surface area contributed by atoms with Crippen LogP contribution >= 0.6 is 0 Å². The highest BCUT2D eigenvalue weighted by atomic mass is 15.2. The molecule has 2 aliphatic rings. The molecule has 1 heterocycles. The van der Waals surface area contributed by atoms with E-state index in [0.29, 0.717) is 6.04 Å². The molecule has 3 N–H and O–H groups in total. The first kappa shape index (κ1) is 10.4. The highest BCUT2D eigenvalue weighted by Gasteiger charge is 2.34. The summed E-state index contributed by atoms with van der Waals surface area (Å²) in [6, 6.07) is 1.43. The van der Waals surface area contributed by atoms with Crippen molar-refractivity contribution in [3.8, 4) is 0 Å². The number of nitrogens with one attached hydrogen (secondary N) is 1. The van der Waals surface area contributed by atoms with Gasteiger partial charge in [0.15, 0.2) is 0 Å². The molecule has 3 heteroatoms. The van der Waals surface area contributed by atoms with E-state index >= 15 is 0 Å². The molecule has 1 saturated carbocycles. The fourth-order valence-corrected chi connectivity index (χ4v) is 2.25. The molecule has 1 aliphatic carbocycles. The lowest BCUT2D eigenvalue weighted by Gasteiger charge is -2.17. The third kappa shape index (κ3) is 2.69. The van der Waals surface area contributed by atoms with Crippen molar-refractivity contribution in [1.82, 2.24) is 10.2 Å².